The first-order valence-electron chi connectivity index (χ1n) is 12.0. The second-order valence-electron chi connectivity index (χ2n) is 9.61. The lowest BCUT2D eigenvalue weighted by molar-refractivity contribution is -0.156. The molecule has 5 rings (SSSR count). The Morgan fingerprint density at radius 3 is 2.64 bits per heavy atom. The fourth-order valence-electron chi connectivity index (χ4n) is 4.13. The summed E-state index contributed by atoms with van der Waals surface area (Å²) in [4.78, 5) is 19.2. The van der Waals surface area contributed by atoms with Crippen molar-refractivity contribution >= 4 is 17.4 Å². The molecular weight excluding hydrogens is 475 g/mol. The third kappa shape index (κ3) is 5.77. The van der Waals surface area contributed by atoms with E-state index in [2.05, 4.69) is 15.1 Å². The molecule has 3 aromatic heterocycles. The maximum atomic E-state index is 13.9. The molecule has 0 spiro atoms. The van der Waals surface area contributed by atoms with Crippen LogP contribution >= 0.6 is 0 Å². The van der Waals surface area contributed by atoms with Crippen LogP contribution in [0.25, 0.3) is 16.9 Å². The SMILES string of the molecule is CC(C)CC(=O)OC1CCCOC1.Nc1ncc2c(F)cc(-c3ccc(C4(C(F)F)CC4)cn3)n2n1. The number of rotatable bonds is 6. The average Bonchev–Trinajstić information content (AvgIpc) is 3.59. The number of aromatic nitrogens is 4. The first-order chi connectivity index (χ1) is 17.2. The minimum absolute atomic E-state index is 0.000000000000000444. The number of fused-ring (bicyclic) bond motifs is 1. The van der Waals surface area contributed by atoms with E-state index >= 15 is 0 Å². The minimum atomic E-state index is -2.41. The van der Waals surface area contributed by atoms with E-state index in [-0.39, 0.29) is 23.5 Å². The van der Waals surface area contributed by atoms with Crippen LogP contribution in [0.15, 0.2) is 30.6 Å². The number of hydrogen-bond donors (Lipinski definition) is 1. The summed E-state index contributed by atoms with van der Waals surface area (Å²) in [7, 11) is 0. The number of carbonyl (C=O) groups is 1. The van der Waals surface area contributed by atoms with Crippen molar-refractivity contribution in [1.82, 2.24) is 19.6 Å². The molecule has 1 saturated carbocycles. The summed E-state index contributed by atoms with van der Waals surface area (Å²) in [6, 6.07) is 4.48. The Hall–Kier alpha value is -3.21. The molecule has 1 aliphatic heterocycles. The van der Waals surface area contributed by atoms with Crippen molar-refractivity contribution in [1.29, 1.82) is 0 Å². The second-order valence-corrected chi connectivity index (χ2v) is 9.61. The van der Waals surface area contributed by atoms with Gasteiger partial charge in [0.05, 0.1) is 29.6 Å². The molecule has 2 fully saturated rings. The average molecular weight is 506 g/mol. The molecule has 11 heteroatoms. The number of ether oxygens (including phenoxy) is 2. The standard InChI is InChI=1S/C15H12F3N5.C10H18O3/c16-9-5-11(23-12(9)7-21-14(19)22-23)10-2-1-8(6-20-10)15(3-4-15)13(17)18;1-8(2)6-10(11)13-9-4-3-5-12-7-9/h1-2,5-7,13H,3-4H2,(H2,19,22);8-9H,3-7H2,1-2H3. The Bertz CT molecular complexity index is 1190. The lowest BCUT2D eigenvalue weighted by Gasteiger charge is -2.22. The van der Waals surface area contributed by atoms with E-state index in [4.69, 9.17) is 15.2 Å². The summed E-state index contributed by atoms with van der Waals surface area (Å²) in [6.07, 6.45) is 3.67. The normalized spacial score (nSPS) is 18.7. The number of nitrogens with zero attached hydrogens (tertiary/aromatic N) is 4. The molecule has 2 N–H and O–H groups in total. The Balaban J connectivity index is 0.000000200. The van der Waals surface area contributed by atoms with Crippen LogP contribution in [-0.4, -0.2) is 51.3 Å². The Morgan fingerprint density at radius 2 is 2.06 bits per heavy atom. The summed E-state index contributed by atoms with van der Waals surface area (Å²) in [5.74, 6) is -0.222. The van der Waals surface area contributed by atoms with E-state index in [1.807, 2.05) is 13.8 Å². The van der Waals surface area contributed by atoms with Crippen molar-refractivity contribution in [2.24, 2.45) is 5.92 Å². The minimum Gasteiger partial charge on any atom is -0.460 e. The molecule has 0 radical (unpaired) electrons. The highest BCUT2D eigenvalue weighted by molar-refractivity contribution is 5.69. The van der Waals surface area contributed by atoms with Gasteiger partial charge in [0.25, 0.3) is 0 Å². The number of halogens is 3. The van der Waals surface area contributed by atoms with E-state index < -0.39 is 17.7 Å². The summed E-state index contributed by atoms with van der Waals surface area (Å²) < 4.78 is 52.0. The lowest BCUT2D eigenvalue weighted by Crippen LogP contribution is -2.28. The van der Waals surface area contributed by atoms with Gasteiger partial charge < -0.3 is 15.2 Å². The van der Waals surface area contributed by atoms with Crippen molar-refractivity contribution in [3.8, 4) is 11.4 Å². The van der Waals surface area contributed by atoms with Crippen LogP contribution in [0.2, 0.25) is 0 Å². The van der Waals surface area contributed by atoms with Crippen LogP contribution in [0.5, 0.6) is 0 Å². The van der Waals surface area contributed by atoms with Gasteiger partial charge in [-0.1, -0.05) is 19.9 Å². The van der Waals surface area contributed by atoms with Gasteiger partial charge in [-0.3, -0.25) is 9.78 Å². The molecule has 0 bridgehead atoms. The number of nitrogen functional groups attached to an aromatic ring is 1. The van der Waals surface area contributed by atoms with Crippen molar-refractivity contribution < 1.29 is 27.4 Å². The molecule has 36 heavy (non-hydrogen) atoms. The molecule has 1 aliphatic carbocycles. The molecule has 1 unspecified atom stereocenters. The second kappa shape index (κ2) is 10.8. The first kappa shape index (κ1) is 25.9. The van der Waals surface area contributed by atoms with Gasteiger partial charge in [0, 0.05) is 25.3 Å². The molecule has 194 valence electrons. The van der Waals surface area contributed by atoms with Crippen LogP contribution in [0.1, 0.15) is 51.5 Å². The van der Waals surface area contributed by atoms with Crippen LogP contribution in [0, 0.1) is 11.7 Å². The molecular formula is C25H30F3N5O3. The molecule has 1 atom stereocenters. The highest BCUT2D eigenvalue weighted by atomic mass is 19.3. The fourth-order valence-corrected chi connectivity index (χ4v) is 4.13. The smallest absolute Gasteiger partial charge is 0.306 e. The summed E-state index contributed by atoms with van der Waals surface area (Å²) >= 11 is 0. The van der Waals surface area contributed by atoms with Crippen LogP contribution in [0.4, 0.5) is 19.1 Å². The molecule has 3 aromatic rings. The number of alkyl halides is 2. The van der Waals surface area contributed by atoms with Gasteiger partial charge in [0.2, 0.25) is 12.4 Å². The van der Waals surface area contributed by atoms with E-state index in [9.17, 15) is 18.0 Å². The zero-order valence-corrected chi connectivity index (χ0v) is 20.3. The predicted molar refractivity (Wildman–Crippen MR) is 127 cm³/mol. The zero-order valence-electron chi connectivity index (χ0n) is 20.3. The van der Waals surface area contributed by atoms with Gasteiger partial charge in [-0.25, -0.2) is 22.7 Å². The van der Waals surface area contributed by atoms with Gasteiger partial charge in [0.15, 0.2) is 5.82 Å². The fraction of sp³-hybridized carbons (Fsp3) is 0.520. The number of anilines is 1. The maximum absolute atomic E-state index is 13.9. The first-order valence-corrected chi connectivity index (χ1v) is 12.0. The molecule has 0 aromatic carbocycles. The van der Waals surface area contributed by atoms with Crippen molar-refractivity contribution in [2.45, 2.75) is 63.9 Å². The Kier molecular flexibility index (Phi) is 7.77. The van der Waals surface area contributed by atoms with Crippen molar-refractivity contribution in [3.05, 3.63) is 42.0 Å². The van der Waals surface area contributed by atoms with Crippen LogP contribution < -0.4 is 5.73 Å². The number of esters is 1. The largest absolute Gasteiger partial charge is 0.460 e. The molecule has 2 aliphatic rings. The number of carbonyl (C=O) groups excluding carboxylic acids is 1. The predicted octanol–water partition coefficient (Wildman–Crippen LogP) is 4.56. The molecule has 4 heterocycles. The lowest BCUT2D eigenvalue weighted by atomic mass is 9.98. The highest BCUT2D eigenvalue weighted by Crippen LogP contribution is 2.52. The van der Waals surface area contributed by atoms with E-state index in [0.717, 1.165) is 19.4 Å². The Morgan fingerprint density at radius 1 is 1.28 bits per heavy atom. The summed E-state index contributed by atoms with van der Waals surface area (Å²) in [5, 5.41) is 3.97. The van der Waals surface area contributed by atoms with Gasteiger partial charge in [-0.2, -0.15) is 0 Å². The summed E-state index contributed by atoms with van der Waals surface area (Å²) in [6.45, 7) is 5.40. The Labute approximate surface area is 207 Å². The number of pyridine rings is 1. The third-order valence-electron chi connectivity index (χ3n) is 6.28. The van der Waals surface area contributed by atoms with Crippen LogP contribution in [-0.2, 0) is 19.7 Å². The van der Waals surface area contributed by atoms with Gasteiger partial charge >= 0.3 is 5.97 Å². The van der Waals surface area contributed by atoms with E-state index in [1.54, 1.807) is 12.1 Å². The van der Waals surface area contributed by atoms with E-state index in [0.29, 0.717) is 48.7 Å². The quantitative estimate of drug-likeness (QED) is 0.490. The van der Waals surface area contributed by atoms with Crippen molar-refractivity contribution in [3.63, 3.8) is 0 Å². The highest BCUT2D eigenvalue weighted by Gasteiger charge is 2.52. The number of hydrogen-bond acceptors (Lipinski definition) is 7. The molecule has 1 saturated heterocycles. The molecule has 0 amide bonds. The van der Waals surface area contributed by atoms with Crippen LogP contribution in [0.3, 0.4) is 0 Å². The van der Waals surface area contributed by atoms with E-state index in [1.165, 1.54) is 23.0 Å². The third-order valence-corrected chi connectivity index (χ3v) is 6.28. The van der Waals surface area contributed by atoms with Gasteiger partial charge in [-0.15, -0.1) is 5.10 Å². The maximum Gasteiger partial charge on any atom is 0.306 e. The topological polar surface area (TPSA) is 105 Å². The van der Waals surface area contributed by atoms with Gasteiger partial charge in [0.1, 0.15) is 11.6 Å². The monoisotopic (exact) mass is 505 g/mol. The number of nitrogens with two attached hydrogens (primary N) is 1. The van der Waals surface area contributed by atoms with Crippen molar-refractivity contribution in [2.75, 3.05) is 18.9 Å². The van der Waals surface area contributed by atoms with Gasteiger partial charge in [-0.05, 0) is 43.2 Å². The molecule has 8 nitrogen and oxygen atoms in total. The summed E-state index contributed by atoms with van der Waals surface area (Å²) in [5.41, 5.74) is 5.96. The zero-order chi connectivity index (χ0) is 25.9.